The molecule has 1 unspecified atom stereocenters. The van der Waals surface area contributed by atoms with Gasteiger partial charge in [0.2, 0.25) is 0 Å². The molecule has 13 heavy (non-hydrogen) atoms. The third kappa shape index (κ3) is 2.83. The second kappa shape index (κ2) is 5.00. The number of carbonyl (C=O) groups excluding carboxylic acids is 1. The van der Waals surface area contributed by atoms with Crippen molar-refractivity contribution in [1.82, 2.24) is 0 Å². The summed E-state index contributed by atoms with van der Waals surface area (Å²) in [5.41, 5.74) is 1.28. The largest absolute Gasteiger partial charge is 0.299 e. The van der Waals surface area contributed by atoms with E-state index in [1.807, 2.05) is 19.1 Å². The normalized spacial score (nSPS) is 23.2. The van der Waals surface area contributed by atoms with Gasteiger partial charge in [0, 0.05) is 12.3 Å². The zero-order chi connectivity index (χ0) is 9.68. The van der Waals surface area contributed by atoms with Gasteiger partial charge in [-0.2, -0.15) is 0 Å². The Morgan fingerprint density at radius 3 is 3.08 bits per heavy atom. The van der Waals surface area contributed by atoms with Gasteiger partial charge in [-0.1, -0.05) is 23.8 Å². The summed E-state index contributed by atoms with van der Waals surface area (Å²) in [5, 5.41) is 0. The van der Waals surface area contributed by atoms with Crippen LogP contribution in [-0.4, -0.2) is 5.78 Å². The molecule has 0 N–H and O–H groups in total. The first-order valence-corrected chi connectivity index (χ1v) is 5.06. The highest BCUT2D eigenvalue weighted by Crippen LogP contribution is 2.25. The molecule has 0 radical (unpaired) electrons. The van der Waals surface area contributed by atoms with Crippen molar-refractivity contribution in [2.24, 2.45) is 5.92 Å². The molecule has 0 bridgehead atoms. The van der Waals surface area contributed by atoms with Crippen molar-refractivity contribution >= 4 is 5.78 Å². The van der Waals surface area contributed by atoms with Gasteiger partial charge >= 0.3 is 0 Å². The van der Waals surface area contributed by atoms with Crippen LogP contribution in [0.15, 0.2) is 23.8 Å². The minimum atomic E-state index is 0.213. The standard InChI is InChI=1S/C12H18O/c1-3-4-9-12(13)11-8-6-5-7-10(11)2/h3-4,7,11H,5-6,8-9H2,1-2H3/b4-3+. The second-order valence-corrected chi connectivity index (χ2v) is 3.67. The molecule has 1 nitrogen and oxygen atoms in total. The Kier molecular flexibility index (Phi) is 3.94. The zero-order valence-corrected chi connectivity index (χ0v) is 8.55. The average molecular weight is 178 g/mol. The predicted molar refractivity (Wildman–Crippen MR) is 55.5 cm³/mol. The maximum Gasteiger partial charge on any atom is 0.143 e. The Labute approximate surface area is 80.5 Å². The third-order valence-corrected chi connectivity index (χ3v) is 2.66. The Balaban J connectivity index is 2.55. The minimum absolute atomic E-state index is 0.213. The van der Waals surface area contributed by atoms with Crippen LogP contribution in [0.25, 0.3) is 0 Å². The van der Waals surface area contributed by atoms with Crippen LogP contribution < -0.4 is 0 Å². The van der Waals surface area contributed by atoms with Gasteiger partial charge in [0.1, 0.15) is 5.78 Å². The lowest BCUT2D eigenvalue weighted by atomic mass is 9.84. The molecule has 1 atom stereocenters. The monoisotopic (exact) mass is 178 g/mol. The Morgan fingerprint density at radius 2 is 2.46 bits per heavy atom. The van der Waals surface area contributed by atoms with Crippen LogP contribution >= 0.6 is 0 Å². The first-order valence-electron chi connectivity index (χ1n) is 5.06. The van der Waals surface area contributed by atoms with Crippen LogP contribution in [0.4, 0.5) is 0 Å². The van der Waals surface area contributed by atoms with Crippen molar-refractivity contribution in [2.75, 3.05) is 0 Å². The van der Waals surface area contributed by atoms with Gasteiger partial charge in [0.15, 0.2) is 0 Å². The molecule has 0 amide bonds. The molecule has 0 saturated heterocycles. The summed E-state index contributed by atoms with van der Waals surface area (Å²) >= 11 is 0. The average Bonchev–Trinajstić information content (AvgIpc) is 2.15. The van der Waals surface area contributed by atoms with E-state index >= 15 is 0 Å². The van der Waals surface area contributed by atoms with E-state index in [0.29, 0.717) is 12.2 Å². The Bertz CT molecular complexity index is 236. The van der Waals surface area contributed by atoms with E-state index < -0.39 is 0 Å². The highest BCUT2D eigenvalue weighted by molar-refractivity contribution is 5.84. The van der Waals surface area contributed by atoms with E-state index in [0.717, 1.165) is 12.8 Å². The number of hydrogen-bond acceptors (Lipinski definition) is 1. The SMILES string of the molecule is C/C=C/CC(=O)C1CCCC=C1C. The van der Waals surface area contributed by atoms with Crippen LogP contribution in [0.5, 0.6) is 0 Å². The predicted octanol–water partition coefficient (Wildman–Crippen LogP) is 3.27. The molecule has 0 fully saturated rings. The van der Waals surface area contributed by atoms with E-state index in [2.05, 4.69) is 13.0 Å². The molecule has 1 aliphatic carbocycles. The van der Waals surface area contributed by atoms with Gasteiger partial charge < -0.3 is 0 Å². The van der Waals surface area contributed by atoms with Crippen LogP contribution in [0.1, 0.15) is 39.5 Å². The molecular weight excluding hydrogens is 160 g/mol. The highest BCUT2D eigenvalue weighted by Gasteiger charge is 2.20. The summed E-state index contributed by atoms with van der Waals surface area (Å²) < 4.78 is 0. The summed E-state index contributed by atoms with van der Waals surface area (Å²) in [6.07, 6.45) is 10.1. The maximum absolute atomic E-state index is 11.7. The molecule has 0 aliphatic heterocycles. The lowest BCUT2D eigenvalue weighted by molar-refractivity contribution is -0.121. The first-order chi connectivity index (χ1) is 6.25. The maximum atomic E-state index is 11.7. The number of rotatable bonds is 3. The van der Waals surface area contributed by atoms with Crippen LogP contribution in [0.3, 0.4) is 0 Å². The Morgan fingerprint density at radius 1 is 1.69 bits per heavy atom. The van der Waals surface area contributed by atoms with Crippen molar-refractivity contribution in [3.8, 4) is 0 Å². The first kappa shape index (κ1) is 10.2. The summed E-state index contributed by atoms with van der Waals surface area (Å²) in [7, 11) is 0. The third-order valence-electron chi connectivity index (χ3n) is 2.66. The van der Waals surface area contributed by atoms with Gasteiger partial charge in [-0.25, -0.2) is 0 Å². The molecule has 0 spiro atoms. The Hall–Kier alpha value is -0.850. The summed E-state index contributed by atoms with van der Waals surface area (Å²) in [4.78, 5) is 11.7. The fourth-order valence-electron chi connectivity index (χ4n) is 1.81. The van der Waals surface area contributed by atoms with E-state index in [-0.39, 0.29) is 5.92 Å². The van der Waals surface area contributed by atoms with E-state index in [1.54, 1.807) is 0 Å². The van der Waals surface area contributed by atoms with E-state index in [9.17, 15) is 4.79 Å². The highest BCUT2D eigenvalue weighted by atomic mass is 16.1. The van der Waals surface area contributed by atoms with Crippen molar-refractivity contribution in [1.29, 1.82) is 0 Å². The number of ketones is 1. The lowest BCUT2D eigenvalue weighted by Crippen LogP contribution is -2.17. The van der Waals surface area contributed by atoms with Crippen molar-refractivity contribution in [2.45, 2.75) is 39.5 Å². The quantitative estimate of drug-likeness (QED) is 0.606. The minimum Gasteiger partial charge on any atom is -0.299 e. The summed E-state index contributed by atoms with van der Waals surface area (Å²) in [6.45, 7) is 4.04. The molecule has 72 valence electrons. The van der Waals surface area contributed by atoms with Crippen LogP contribution in [0.2, 0.25) is 0 Å². The van der Waals surface area contributed by atoms with Gasteiger partial charge in [0.25, 0.3) is 0 Å². The zero-order valence-electron chi connectivity index (χ0n) is 8.55. The van der Waals surface area contributed by atoms with E-state index in [1.165, 1.54) is 12.0 Å². The van der Waals surface area contributed by atoms with E-state index in [4.69, 9.17) is 0 Å². The number of carbonyl (C=O) groups is 1. The summed E-state index contributed by atoms with van der Waals surface area (Å²) in [6, 6.07) is 0. The fraction of sp³-hybridized carbons (Fsp3) is 0.583. The number of Topliss-reactive ketones (excluding diaryl/α,β-unsaturated/α-hetero) is 1. The van der Waals surface area contributed by atoms with Gasteiger partial charge in [-0.05, 0) is 33.1 Å². The number of hydrogen-bond donors (Lipinski definition) is 0. The molecule has 0 aromatic carbocycles. The topological polar surface area (TPSA) is 17.1 Å². The smallest absolute Gasteiger partial charge is 0.143 e. The van der Waals surface area contributed by atoms with Crippen molar-refractivity contribution in [3.63, 3.8) is 0 Å². The van der Waals surface area contributed by atoms with Gasteiger partial charge in [0.05, 0.1) is 0 Å². The van der Waals surface area contributed by atoms with Crippen molar-refractivity contribution in [3.05, 3.63) is 23.8 Å². The van der Waals surface area contributed by atoms with Gasteiger partial charge in [-0.15, -0.1) is 0 Å². The van der Waals surface area contributed by atoms with Crippen LogP contribution in [-0.2, 0) is 4.79 Å². The second-order valence-electron chi connectivity index (χ2n) is 3.67. The molecular formula is C12H18O. The molecule has 0 heterocycles. The lowest BCUT2D eigenvalue weighted by Gasteiger charge is -2.19. The molecule has 1 rings (SSSR count). The van der Waals surface area contributed by atoms with Gasteiger partial charge in [-0.3, -0.25) is 4.79 Å². The molecule has 1 aliphatic rings. The molecule has 0 saturated carbocycles. The summed E-state index contributed by atoms with van der Waals surface area (Å²) in [5.74, 6) is 0.594. The molecule has 0 aromatic rings. The fourth-order valence-corrected chi connectivity index (χ4v) is 1.81. The van der Waals surface area contributed by atoms with Crippen molar-refractivity contribution < 1.29 is 4.79 Å². The molecule has 0 aromatic heterocycles. The number of allylic oxidation sites excluding steroid dienone is 4. The van der Waals surface area contributed by atoms with Crippen LogP contribution in [0, 0.1) is 5.92 Å². The molecule has 1 heteroatoms.